The zero-order valence-corrected chi connectivity index (χ0v) is 7.66. The fourth-order valence-electron chi connectivity index (χ4n) is 1.33. The molecule has 1 aliphatic heterocycles. The number of ketones is 1. The lowest BCUT2D eigenvalue weighted by Gasteiger charge is -2.26. The number of methoxy groups -OCH3 is 1. The Bertz CT molecular complexity index is 208. The molecule has 1 rings (SSSR count). The van der Waals surface area contributed by atoms with E-state index in [0.29, 0.717) is 6.42 Å². The lowest BCUT2D eigenvalue weighted by molar-refractivity contribution is -0.148. The van der Waals surface area contributed by atoms with Crippen molar-refractivity contribution in [2.45, 2.75) is 32.7 Å². The van der Waals surface area contributed by atoms with Gasteiger partial charge in [-0.05, 0) is 13.8 Å². The van der Waals surface area contributed by atoms with Crippen molar-refractivity contribution in [1.82, 2.24) is 0 Å². The Balaban J connectivity index is 2.67. The quantitative estimate of drug-likeness (QED) is 0.626. The van der Waals surface area contributed by atoms with E-state index in [1.807, 2.05) is 13.0 Å². The van der Waals surface area contributed by atoms with Gasteiger partial charge in [0.25, 0.3) is 0 Å². The highest BCUT2D eigenvalue weighted by Crippen LogP contribution is 2.19. The molecule has 12 heavy (non-hydrogen) atoms. The number of rotatable bonds is 2. The molecule has 0 N–H and O–H groups in total. The Morgan fingerprint density at radius 2 is 2.42 bits per heavy atom. The van der Waals surface area contributed by atoms with Gasteiger partial charge >= 0.3 is 0 Å². The molecular weight excluding hydrogens is 156 g/mol. The third kappa shape index (κ3) is 1.93. The topological polar surface area (TPSA) is 35.5 Å². The van der Waals surface area contributed by atoms with Crippen LogP contribution >= 0.6 is 0 Å². The van der Waals surface area contributed by atoms with E-state index >= 15 is 0 Å². The fraction of sp³-hybridized carbons (Fsp3) is 0.667. The SMILES string of the molecule is CO[C@H]1CC=C(C(C)=O)[C@H](C)O1. The average Bonchev–Trinajstić information content (AvgIpc) is 2.03. The molecule has 0 radical (unpaired) electrons. The Hall–Kier alpha value is -0.670. The summed E-state index contributed by atoms with van der Waals surface area (Å²) in [4.78, 5) is 11.0. The zero-order chi connectivity index (χ0) is 9.14. The van der Waals surface area contributed by atoms with E-state index in [4.69, 9.17) is 9.47 Å². The van der Waals surface area contributed by atoms with E-state index in [2.05, 4.69) is 0 Å². The third-order valence-corrected chi connectivity index (χ3v) is 1.99. The van der Waals surface area contributed by atoms with Gasteiger partial charge in [-0.2, -0.15) is 0 Å². The molecule has 0 aromatic heterocycles. The van der Waals surface area contributed by atoms with Crippen molar-refractivity contribution in [3.05, 3.63) is 11.6 Å². The first kappa shape index (κ1) is 9.42. The number of hydrogen-bond acceptors (Lipinski definition) is 3. The van der Waals surface area contributed by atoms with Crippen molar-refractivity contribution in [1.29, 1.82) is 0 Å². The Morgan fingerprint density at radius 1 is 1.75 bits per heavy atom. The first-order chi connectivity index (χ1) is 5.65. The second-order valence-corrected chi connectivity index (χ2v) is 2.89. The van der Waals surface area contributed by atoms with Gasteiger partial charge < -0.3 is 9.47 Å². The number of ether oxygens (including phenoxy) is 2. The Kier molecular flexibility index (Phi) is 3.00. The minimum atomic E-state index is -0.192. The van der Waals surface area contributed by atoms with Crippen LogP contribution in [0.1, 0.15) is 20.3 Å². The molecule has 0 amide bonds. The van der Waals surface area contributed by atoms with Crippen LogP contribution in [0.4, 0.5) is 0 Å². The summed E-state index contributed by atoms with van der Waals surface area (Å²) in [5.74, 6) is 0.0806. The number of carbonyl (C=O) groups is 1. The van der Waals surface area contributed by atoms with Crippen molar-refractivity contribution in [3.63, 3.8) is 0 Å². The molecule has 0 saturated heterocycles. The molecule has 3 heteroatoms. The van der Waals surface area contributed by atoms with E-state index in [0.717, 1.165) is 5.57 Å². The van der Waals surface area contributed by atoms with Gasteiger partial charge in [-0.3, -0.25) is 4.79 Å². The van der Waals surface area contributed by atoms with Crippen LogP contribution in [0.5, 0.6) is 0 Å². The van der Waals surface area contributed by atoms with E-state index < -0.39 is 0 Å². The predicted octanol–water partition coefficient (Wildman–Crippen LogP) is 1.28. The van der Waals surface area contributed by atoms with Crippen molar-refractivity contribution >= 4 is 5.78 Å². The third-order valence-electron chi connectivity index (χ3n) is 1.99. The van der Waals surface area contributed by atoms with Gasteiger partial charge in [-0.1, -0.05) is 6.08 Å². The van der Waals surface area contributed by atoms with Crippen LogP contribution in [-0.2, 0) is 14.3 Å². The van der Waals surface area contributed by atoms with Crippen molar-refractivity contribution in [2.75, 3.05) is 7.11 Å². The smallest absolute Gasteiger partial charge is 0.161 e. The molecule has 0 aromatic rings. The van der Waals surface area contributed by atoms with Gasteiger partial charge in [-0.15, -0.1) is 0 Å². The van der Waals surface area contributed by atoms with Crippen molar-refractivity contribution in [3.8, 4) is 0 Å². The molecule has 1 heterocycles. The number of carbonyl (C=O) groups excluding carboxylic acids is 1. The first-order valence-corrected chi connectivity index (χ1v) is 4.04. The van der Waals surface area contributed by atoms with Gasteiger partial charge in [0.2, 0.25) is 0 Å². The van der Waals surface area contributed by atoms with Crippen LogP contribution in [0.2, 0.25) is 0 Å². The molecule has 0 spiro atoms. The largest absolute Gasteiger partial charge is 0.356 e. The minimum absolute atomic E-state index is 0.0806. The molecule has 0 aliphatic carbocycles. The molecule has 0 bridgehead atoms. The second-order valence-electron chi connectivity index (χ2n) is 2.89. The van der Waals surface area contributed by atoms with Gasteiger partial charge in [0, 0.05) is 19.1 Å². The Morgan fingerprint density at radius 3 is 2.83 bits per heavy atom. The van der Waals surface area contributed by atoms with Crippen LogP contribution in [0.3, 0.4) is 0 Å². The highest BCUT2D eigenvalue weighted by Gasteiger charge is 2.22. The summed E-state index contributed by atoms with van der Waals surface area (Å²) in [6.07, 6.45) is 2.23. The number of hydrogen-bond donors (Lipinski definition) is 0. The van der Waals surface area contributed by atoms with Crippen LogP contribution < -0.4 is 0 Å². The standard InChI is InChI=1S/C9H14O3/c1-6(10)8-4-5-9(11-3)12-7(8)2/h4,7,9H,5H2,1-3H3/t7-,9+/m0/s1. The predicted molar refractivity (Wildman–Crippen MR) is 44.7 cm³/mol. The minimum Gasteiger partial charge on any atom is -0.356 e. The summed E-state index contributed by atoms with van der Waals surface area (Å²) >= 11 is 0. The molecule has 0 aromatic carbocycles. The maximum absolute atomic E-state index is 11.0. The van der Waals surface area contributed by atoms with E-state index in [1.54, 1.807) is 14.0 Å². The summed E-state index contributed by atoms with van der Waals surface area (Å²) in [5, 5.41) is 0. The van der Waals surface area contributed by atoms with Crippen LogP contribution in [0, 0.1) is 0 Å². The van der Waals surface area contributed by atoms with Gasteiger partial charge in [0.15, 0.2) is 12.1 Å². The monoisotopic (exact) mass is 170 g/mol. The van der Waals surface area contributed by atoms with E-state index in [-0.39, 0.29) is 18.2 Å². The molecule has 1 aliphatic rings. The maximum atomic E-state index is 11.0. The summed E-state index contributed by atoms with van der Waals surface area (Å²) in [5.41, 5.74) is 0.753. The molecule has 3 nitrogen and oxygen atoms in total. The van der Waals surface area contributed by atoms with E-state index in [1.165, 1.54) is 0 Å². The number of Topliss-reactive ketones (excluding diaryl/α,β-unsaturated/α-hetero) is 1. The highest BCUT2D eigenvalue weighted by atomic mass is 16.7. The molecule has 0 unspecified atom stereocenters. The summed E-state index contributed by atoms with van der Waals surface area (Å²) in [6, 6.07) is 0. The normalized spacial score (nSPS) is 29.8. The highest BCUT2D eigenvalue weighted by molar-refractivity contribution is 5.94. The van der Waals surface area contributed by atoms with Gasteiger partial charge in [0.1, 0.15) is 0 Å². The van der Waals surface area contributed by atoms with Crippen LogP contribution in [0.25, 0.3) is 0 Å². The average molecular weight is 170 g/mol. The summed E-state index contributed by atoms with van der Waals surface area (Å²) in [6.45, 7) is 3.41. The summed E-state index contributed by atoms with van der Waals surface area (Å²) < 4.78 is 10.4. The van der Waals surface area contributed by atoms with Crippen molar-refractivity contribution < 1.29 is 14.3 Å². The summed E-state index contributed by atoms with van der Waals surface area (Å²) in [7, 11) is 1.60. The lowest BCUT2D eigenvalue weighted by Crippen LogP contribution is -2.29. The van der Waals surface area contributed by atoms with E-state index in [9.17, 15) is 4.79 Å². The Labute approximate surface area is 72.4 Å². The molecule has 2 atom stereocenters. The van der Waals surface area contributed by atoms with Crippen molar-refractivity contribution in [2.24, 2.45) is 0 Å². The van der Waals surface area contributed by atoms with Crippen LogP contribution in [-0.4, -0.2) is 25.3 Å². The molecule has 0 saturated carbocycles. The van der Waals surface area contributed by atoms with Gasteiger partial charge in [-0.25, -0.2) is 0 Å². The van der Waals surface area contributed by atoms with Gasteiger partial charge in [0.05, 0.1) is 6.10 Å². The van der Waals surface area contributed by atoms with Crippen LogP contribution in [0.15, 0.2) is 11.6 Å². The molecular formula is C9H14O3. The maximum Gasteiger partial charge on any atom is 0.161 e. The molecule has 68 valence electrons. The first-order valence-electron chi connectivity index (χ1n) is 4.04. The zero-order valence-electron chi connectivity index (χ0n) is 7.66. The molecule has 0 fully saturated rings. The fourth-order valence-corrected chi connectivity index (χ4v) is 1.33. The lowest BCUT2D eigenvalue weighted by atomic mass is 10.0. The second kappa shape index (κ2) is 3.83.